The second-order valence-corrected chi connectivity index (χ2v) is 4.58. The van der Waals surface area contributed by atoms with Crippen molar-refractivity contribution in [2.45, 2.75) is 24.4 Å². The highest BCUT2D eigenvalue weighted by Crippen LogP contribution is 2.22. The Kier molecular flexibility index (Phi) is 4.49. The highest BCUT2D eigenvalue weighted by atomic mass is 19.2. The molecule has 0 aliphatic rings. The van der Waals surface area contributed by atoms with Crippen LogP contribution >= 0.6 is 0 Å². The van der Waals surface area contributed by atoms with Crippen molar-refractivity contribution >= 4 is 11.0 Å². The van der Waals surface area contributed by atoms with Crippen LogP contribution in [0.1, 0.15) is 11.9 Å². The van der Waals surface area contributed by atoms with E-state index >= 15 is 0 Å². The summed E-state index contributed by atoms with van der Waals surface area (Å²) in [4.78, 5) is 6.25. The van der Waals surface area contributed by atoms with E-state index in [2.05, 4.69) is 9.97 Å². The van der Waals surface area contributed by atoms with Gasteiger partial charge in [-0.2, -0.15) is 0 Å². The second-order valence-electron chi connectivity index (χ2n) is 4.58. The van der Waals surface area contributed by atoms with Crippen molar-refractivity contribution in [3.8, 4) is 0 Å². The molecule has 2 rings (SSSR count). The molecular weight excluding hydrogens is 290 g/mol. The van der Waals surface area contributed by atoms with Crippen LogP contribution in [0.25, 0.3) is 11.0 Å². The largest absolute Gasteiger partial charge is 0.394 e. The minimum absolute atomic E-state index is 0.0207. The molecule has 0 bridgehead atoms. The molecule has 0 aliphatic carbocycles. The molecule has 1 aromatic heterocycles. The Balaban J connectivity index is 2.28. The molecule has 21 heavy (non-hydrogen) atoms. The molecule has 2 aromatic rings. The quantitative estimate of drug-likeness (QED) is 0.418. The van der Waals surface area contributed by atoms with E-state index in [0.717, 1.165) is 12.1 Å². The van der Waals surface area contributed by atoms with Crippen LogP contribution in [0.5, 0.6) is 0 Å². The standard InChI is InChI=1S/C12H14F2N2O5/c13-4-1-6-7(2-5(4)14)16-12(15-6)11(21)10(20)9(19)8(18)3-17/h1-2,8-11,17-21H,3H2,(H,15,16)/t8?,9-,10+,11?/m1/s1. The minimum Gasteiger partial charge on any atom is -0.394 e. The number of rotatable bonds is 5. The van der Waals surface area contributed by atoms with E-state index in [4.69, 9.17) is 5.11 Å². The molecule has 0 saturated carbocycles. The number of hydrogen-bond acceptors (Lipinski definition) is 6. The number of nitrogens with zero attached hydrogens (tertiary/aromatic N) is 1. The number of aromatic nitrogens is 2. The summed E-state index contributed by atoms with van der Waals surface area (Å²) in [7, 11) is 0. The lowest BCUT2D eigenvalue weighted by atomic mass is 10.0. The van der Waals surface area contributed by atoms with Crippen LogP contribution < -0.4 is 0 Å². The molecule has 0 radical (unpaired) electrons. The summed E-state index contributed by atoms with van der Waals surface area (Å²) in [6.07, 6.45) is -7.09. The maximum absolute atomic E-state index is 13.1. The fraction of sp³-hybridized carbons (Fsp3) is 0.417. The van der Waals surface area contributed by atoms with Crippen molar-refractivity contribution in [1.29, 1.82) is 0 Å². The van der Waals surface area contributed by atoms with Gasteiger partial charge in [0.05, 0.1) is 17.6 Å². The van der Waals surface area contributed by atoms with Gasteiger partial charge in [0.25, 0.3) is 0 Å². The SMILES string of the molecule is OCC(O)[C@@H](O)[C@H](O)C(O)c1nc2cc(F)c(F)cc2[nH]1. The van der Waals surface area contributed by atoms with E-state index in [1.165, 1.54) is 0 Å². The first-order valence-corrected chi connectivity index (χ1v) is 6.03. The molecule has 6 N–H and O–H groups in total. The molecule has 0 aliphatic heterocycles. The maximum atomic E-state index is 13.1. The molecule has 2 unspecified atom stereocenters. The monoisotopic (exact) mass is 304 g/mol. The Morgan fingerprint density at radius 2 is 1.67 bits per heavy atom. The van der Waals surface area contributed by atoms with Crippen molar-refractivity contribution < 1.29 is 34.3 Å². The van der Waals surface area contributed by atoms with Crippen molar-refractivity contribution in [1.82, 2.24) is 9.97 Å². The van der Waals surface area contributed by atoms with Gasteiger partial charge in [-0.15, -0.1) is 0 Å². The van der Waals surface area contributed by atoms with Gasteiger partial charge in [-0.3, -0.25) is 0 Å². The third kappa shape index (κ3) is 3.01. The molecule has 0 saturated heterocycles. The Morgan fingerprint density at radius 1 is 1.05 bits per heavy atom. The number of aliphatic hydroxyl groups is 5. The Hall–Kier alpha value is -1.65. The average molecular weight is 304 g/mol. The number of aromatic amines is 1. The Bertz CT molecular complexity index is 596. The van der Waals surface area contributed by atoms with Gasteiger partial charge in [0.2, 0.25) is 0 Å². The normalized spacial score (nSPS) is 17.7. The minimum atomic E-state index is -1.86. The highest BCUT2D eigenvalue weighted by Gasteiger charge is 2.32. The van der Waals surface area contributed by atoms with Crippen LogP contribution in [0.3, 0.4) is 0 Å². The number of fused-ring (bicyclic) bond motifs is 1. The van der Waals surface area contributed by atoms with Crippen LogP contribution in [-0.2, 0) is 0 Å². The van der Waals surface area contributed by atoms with Crippen molar-refractivity contribution in [3.63, 3.8) is 0 Å². The summed E-state index contributed by atoms with van der Waals surface area (Å²) in [5, 5.41) is 46.9. The predicted molar refractivity (Wildman–Crippen MR) is 66.1 cm³/mol. The number of nitrogens with one attached hydrogen (secondary N) is 1. The lowest BCUT2D eigenvalue weighted by Gasteiger charge is -2.24. The van der Waals surface area contributed by atoms with Gasteiger partial charge in [-0.05, 0) is 0 Å². The van der Waals surface area contributed by atoms with E-state index in [-0.39, 0.29) is 16.9 Å². The second kappa shape index (κ2) is 6.00. The molecule has 9 heteroatoms. The fourth-order valence-electron chi connectivity index (χ4n) is 1.85. The van der Waals surface area contributed by atoms with Gasteiger partial charge in [-0.25, -0.2) is 13.8 Å². The van der Waals surface area contributed by atoms with E-state index in [0.29, 0.717) is 0 Å². The predicted octanol–water partition coefficient (Wildman–Crippen LogP) is -1.05. The zero-order valence-electron chi connectivity index (χ0n) is 10.6. The van der Waals surface area contributed by atoms with Crippen LogP contribution in [0.15, 0.2) is 12.1 Å². The molecule has 0 amide bonds. The smallest absolute Gasteiger partial charge is 0.161 e. The summed E-state index contributed by atoms with van der Waals surface area (Å²) in [6.45, 7) is -0.818. The summed E-state index contributed by atoms with van der Waals surface area (Å²) >= 11 is 0. The van der Waals surface area contributed by atoms with Crippen molar-refractivity contribution in [2.24, 2.45) is 0 Å². The molecular formula is C12H14F2N2O5. The third-order valence-corrected chi connectivity index (χ3v) is 3.08. The van der Waals surface area contributed by atoms with Crippen LogP contribution in [0.2, 0.25) is 0 Å². The summed E-state index contributed by atoms with van der Waals surface area (Å²) in [5.41, 5.74) is 0.111. The lowest BCUT2D eigenvalue weighted by Crippen LogP contribution is -2.42. The first-order chi connectivity index (χ1) is 9.85. The van der Waals surface area contributed by atoms with E-state index in [1.54, 1.807) is 0 Å². The third-order valence-electron chi connectivity index (χ3n) is 3.08. The van der Waals surface area contributed by atoms with Crippen molar-refractivity contribution in [2.75, 3.05) is 6.61 Å². The highest BCUT2D eigenvalue weighted by molar-refractivity contribution is 5.75. The van der Waals surface area contributed by atoms with Gasteiger partial charge < -0.3 is 30.5 Å². The fourth-order valence-corrected chi connectivity index (χ4v) is 1.85. The number of H-pyrrole nitrogens is 1. The van der Waals surface area contributed by atoms with Gasteiger partial charge in [0, 0.05) is 12.1 Å². The number of benzene rings is 1. The summed E-state index contributed by atoms with van der Waals surface area (Å²) in [6, 6.07) is 1.64. The summed E-state index contributed by atoms with van der Waals surface area (Å²) < 4.78 is 26.1. The Morgan fingerprint density at radius 3 is 2.29 bits per heavy atom. The summed E-state index contributed by atoms with van der Waals surface area (Å²) in [5.74, 6) is -2.47. The van der Waals surface area contributed by atoms with E-state index in [9.17, 15) is 29.2 Å². The van der Waals surface area contributed by atoms with E-state index < -0.39 is 42.7 Å². The van der Waals surface area contributed by atoms with Crippen LogP contribution in [0, 0.1) is 11.6 Å². The first-order valence-electron chi connectivity index (χ1n) is 6.03. The Labute approximate surface area is 117 Å². The molecule has 0 fully saturated rings. The zero-order valence-corrected chi connectivity index (χ0v) is 10.6. The van der Waals surface area contributed by atoms with Gasteiger partial charge in [-0.1, -0.05) is 0 Å². The number of hydrogen-bond donors (Lipinski definition) is 6. The molecule has 116 valence electrons. The molecule has 1 heterocycles. The zero-order chi connectivity index (χ0) is 15.7. The maximum Gasteiger partial charge on any atom is 0.161 e. The number of aliphatic hydroxyl groups excluding tert-OH is 5. The van der Waals surface area contributed by atoms with Gasteiger partial charge in [0.1, 0.15) is 30.2 Å². The number of halogens is 2. The van der Waals surface area contributed by atoms with Gasteiger partial charge in [0.15, 0.2) is 11.6 Å². The first kappa shape index (κ1) is 15.7. The molecule has 1 aromatic carbocycles. The molecule has 0 spiro atoms. The van der Waals surface area contributed by atoms with Crippen LogP contribution in [-0.4, -0.2) is 60.4 Å². The number of imidazole rings is 1. The lowest BCUT2D eigenvalue weighted by molar-refractivity contribution is -0.117. The van der Waals surface area contributed by atoms with E-state index in [1.807, 2.05) is 0 Å². The molecule has 7 nitrogen and oxygen atoms in total. The van der Waals surface area contributed by atoms with Crippen molar-refractivity contribution in [3.05, 3.63) is 29.6 Å². The molecule has 4 atom stereocenters. The topological polar surface area (TPSA) is 130 Å². The van der Waals surface area contributed by atoms with Gasteiger partial charge >= 0.3 is 0 Å². The average Bonchev–Trinajstić information content (AvgIpc) is 2.87. The van der Waals surface area contributed by atoms with Crippen LogP contribution in [0.4, 0.5) is 8.78 Å².